The van der Waals surface area contributed by atoms with Crippen LogP contribution in [0.25, 0.3) is 0 Å². The second-order valence-electron chi connectivity index (χ2n) is 4.85. The van der Waals surface area contributed by atoms with Gasteiger partial charge in [-0.05, 0) is 31.5 Å². The smallest absolute Gasteiger partial charge is 0.313 e. The van der Waals surface area contributed by atoms with E-state index in [4.69, 9.17) is 5.11 Å². The second kappa shape index (κ2) is 6.71. The van der Waals surface area contributed by atoms with Gasteiger partial charge in [-0.15, -0.1) is 10.2 Å². The summed E-state index contributed by atoms with van der Waals surface area (Å²) in [6.45, 7) is 3.95. The number of thioether (sulfide) groups is 1. The highest BCUT2D eigenvalue weighted by Gasteiger charge is 2.16. The summed E-state index contributed by atoms with van der Waals surface area (Å²) in [6.07, 6.45) is 0.455. The van der Waals surface area contributed by atoms with Crippen LogP contribution in [0, 0.1) is 5.82 Å². The van der Waals surface area contributed by atoms with Crippen LogP contribution in [-0.2, 0) is 11.2 Å². The minimum absolute atomic E-state index is 0.0647. The Morgan fingerprint density at radius 3 is 2.81 bits per heavy atom. The quantitative estimate of drug-likeness (QED) is 0.831. The van der Waals surface area contributed by atoms with Crippen molar-refractivity contribution in [3.63, 3.8) is 0 Å². The number of hydrogen-bond donors (Lipinski definition) is 1. The lowest BCUT2D eigenvalue weighted by Gasteiger charge is -2.13. The van der Waals surface area contributed by atoms with Crippen molar-refractivity contribution >= 4 is 17.7 Å². The maximum atomic E-state index is 13.2. The third-order valence-corrected chi connectivity index (χ3v) is 3.76. The Morgan fingerprint density at radius 1 is 1.43 bits per heavy atom. The molecule has 1 aromatic carbocycles. The summed E-state index contributed by atoms with van der Waals surface area (Å²) in [7, 11) is 0. The number of hydrogen-bond acceptors (Lipinski definition) is 4. The summed E-state index contributed by atoms with van der Waals surface area (Å²) in [5.41, 5.74) is 0.805. The topological polar surface area (TPSA) is 68.0 Å². The van der Waals surface area contributed by atoms with Crippen LogP contribution in [0.4, 0.5) is 4.39 Å². The molecule has 0 atom stereocenters. The van der Waals surface area contributed by atoms with E-state index in [-0.39, 0.29) is 17.6 Å². The molecule has 0 aliphatic rings. The number of carboxylic acid groups (broad SMARTS) is 1. The minimum Gasteiger partial charge on any atom is -0.481 e. The SMILES string of the molecule is CC(C)n1c(Cc2cccc(F)c2)nnc1SCC(=O)O. The lowest BCUT2D eigenvalue weighted by molar-refractivity contribution is -0.133. The normalized spacial score (nSPS) is 11.0. The van der Waals surface area contributed by atoms with Gasteiger partial charge in [-0.25, -0.2) is 4.39 Å². The molecule has 0 saturated heterocycles. The fraction of sp³-hybridized carbons (Fsp3) is 0.357. The van der Waals surface area contributed by atoms with Crippen LogP contribution >= 0.6 is 11.8 Å². The zero-order valence-corrected chi connectivity index (χ0v) is 12.6. The summed E-state index contributed by atoms with van der Waals surface area (Å²) in [5.74, 6) is -0.553. The average Bonchev–Trinajstić information content (AvgIpc) is 2.79. The van der Waals surface area contributed by atoms with E-state index >= 15 is 0 Å². The maximum Gasteiger partial charge on any atom is 0.313 e. The number of nitrogens with zero attached hydrogens (tertiary/aromatic N) is 3. The summed E-state index contributed by atoms with van der Waals surface area (Å²) in [6, 6.07) is 6.43. The van der Waals surface area contributed by atoms with Gasteiger partial charge in [0, 0.05) is 12.5 Å². The van der Waals surface area contributed by atoms with E-state index in [2.05, 4.69) is 10.2 Å². The Bertz CT molecular complexity index is 643. The van der Waals surface area contributed by atoms with Gasteiger partial charge in [-0.3, -0.25) is 4.79 Å². The van der Waals surface area contributed by atoms with Gasteiger partial charge in [0.2, 0.25) is 0 Å². The van der Waals surface area contributed by atoms with E-state index in [1.807, 2.05) is 24.5 Å². The zero-order chi connectivity index (χ0) is 15.4. The van der Waals surface area contributed by atoms with Crippen molar-refractivity contribution < 1.29 is 14.3 Å². The summed E-state index contributed by atoms with van der Waals surface area (Å²) in [4.78, 5) is 10.7. The molecular formula is C14H16FN3O2S. The zero-order valence-electron chi connectivity index (χ0n) is 11.8. The molecule has 5 nitrogen and oxygen atoms in total. The molecule has 112 valence electrons. The van der Waals surface area contributed by atoms with Gasteiger partial charge in [-0.2, -0.15) is 0 Å². The molecule has 0 saturated carbocycles. The molecule has 7 heteroatoms. The van der Waals surface area contributed by atoms with Gasteiger partial charge >= 0.3 is 5.97 Å². The van der Waals surface area contributed by atoms with Gasteiger partial charge in [0.1, 0.15) is 11.6 Å². The van der Waals surface area contributed by atoms with Gasteiger partial charge in [-0.1, -0.05) is 23.9 Å². The molecular weight excluding hydrogens is 293 g/mol. The maximum absolute atomic E-state index is 13.2. The highest BCUT2D eigenvalue weighted by atomic mass is 32.2. The third kappa shape index (κ3) is 4.04. The molecule has 1 aromatic heterocycles. The first-order valence-electron chi connectivity index (χ1n) is 6.50. The predicted octanol–water partition coefficient (Wildman–Crippen LogP) is 2.77. The van der Waals surface area contributed by atoms with Crippen LogP contribution in [0.2, 0.25) is 0 Å². The van der Waals surface area contributed by atoms with Crippen LogP contribution in [0.5, 0.6) is 0 Å². The lowest BCUT2D eigenvalue weighted by Crippen LogP contribution is -2.09. The van der Waals surface area contributed by atoms with E-state index < -0.39 is 5.97 Å². The standard InChI is InChI=1S/C14H16FN3O2S/c1-9(2)18-12(7-10-4-3-5-11(15)6-10)16-17-14(18)21-8-13(19)20/h3-6,9H,7-8H2,1-2H3,(H,19,20). The highest BCUT2D eigenvalue weighted by Crippen LogP contribution is 2.23. The first-order valence-corrected chi connectivity index (χ1v) is 7.48. The Morgan fingerprint density at radius 2 is 2.19 bits per heavy atom. The highest BCUT2D eigenvalue weighted by molar-refractivity contribution is 7.99. The molecule has 0 bridgehead atoms. The first kappa shape index (κ1) is 15.5. The fourth-order valence-electron chi connectivity index (χ4n) is 2.00. The Balaban J connectivity index is 2.25. The van der Waals surface area contributed by atoms with Crippen molar-refractivity contribution in [3.05, 3.63) is 41.5 Å². The van der Waals surface area contributed by atoms with Crippen molar-refractivity contribution in [3.8, 4) is 0 Å². The van der Waals surface area contributed by atoms with E-state index in [0.29, 0.717) is 17.4 Å². The summed E-state index contributed by atoms with van der Waals surface area (Å²) < 4.78 is 15.1. The van der Waals surface area contributed by atoms with Crippen molar-refractivity contribution in [2.24, 2.45) is 0 Å². The summed E-state index contributed by atoms with van der Waals surface area (Å²) in [5, 5.41) is 17.5. The molecule has 2 rings (SSSR count). The Hall–Kier alpha value is -1.89. The number of benzene rings is 1. The summed E-state index contributed by atoms with van der Waals surface area (Å²) >= 11 is 1.13. The van der Waals surface area contributed by atoms with Gasteiger partial charge in [0.15, 0.2) is 5.16 Å². The van der Waals surface area contributed by atoms with Crippen LogP contribution in [-0.4, -0.2) is 31.6 Å². The van der Waals surface area contributed by atoms with E-state index in [1.165, 1.54) is 12.1 Å². The molecule has 0 unspecified atom stereocenters. The lowest BCUT2D eigenvalue weighted by atomic mass is 10.1. The molecule has 0 aliphatic carbocycles. The fourth-order valence-corrected chi connectivity index (χ4v) is 2.81. The largest absolute Gasteiger partial charge is 0.481 e. The predicted molar refractivity (Wildman–Crippen MR) is 78.0 cm³/mol. The van der Waals surface area contributed by atoms with Gasteiger partial charge in [0.25, 0.3) is 0 Å². The van der Waals surface area contributed by atoms with Gasteiger partial charge in [0.05, 0.1) is 5.75 Å². The number of aliphatic carboxylic acids is 1. The first-order chi connectivity index (χ1) is 9.97. The van der Waals surface area contributed by atoms with E-state index in [0.717, 1.165) is 17.3 Å². The van der Waals surface area contributed by atoms with Crippen LogP contribution < -0.4 is 0 Å². The Labute approximate surface area is 126 Å². The molecule has 0 aliphatic heterocycles. The van der Waals surface area contributed by atoms with Crippen molar-refractivity contribution in [1.82, 2.24) is 14.8 Å². The number of aromatic nitrogens is 3. The average molecular weight is 309 g/mol. The van der Waals surface area contributed by atoms with E-state index in [9.17, 15) is 9.18 Å². The number of halogens is 1. The molecule has 21 heavy (non-hydrogen) atoms. The van der Waals surface area contributed by atoms with Crippen LogP contribution in [0.15, 0.2) is 29.4 Å². The molecule has 0 radical (unpaired) electrons. The molecule has 2 aromatic rings. The second-order valence-corrected chi connectivity index (χ2v) is 5.79. The Kier molecular flexibility index (Phi) is 4.95. The van der Waals surface area contributed by atoms with E-state index in [1.54, 1.807) is 6.07 Å². The molecule has 1 heterocycles. The minimum atomic E-state index is -0.898. The molecule has 0 amide bonds. The van der Waals surface area contributed by atoms with Gasteiger partial charge < -0.3 is 9.67 Å². The number of rotatable bonds is 6. The van der Waals surface area contributed by atoms with Crippen LogP contribution in [0.1, 0.15) is 31.3 Å². The molecule has 0 spiro atoms. The van der Waals surface area contributed by atoms with Crippen molar-refractivity contribution in [2.75, 3.05) is 5.75 Å². The van der Waals surface area contributed by atoms with Crippen LogP contribution in [0.3, 0.4) is 0 Å². The van der Waals surface area contributed by atoms with Crippen molar-refractivity contribution in [2.45, 2.75) is 31.5 Å². The monoisotopic (exact) mass is 309 g/mol. The molecule has 0 fully saturated rings. The number of carbonyl (C=O) groups is 1. The van der Waals surface area contributed by atoms with Crippen molar-refractivity contribution in [1.29, 1.82) is 0 Å². The molecule has 1 N–H and O–H groups in total. The third-order valence-electron chi connectivity index (χ3n) is 2.83. The number of carboxylic acids is 1.